The summed E-state index contributed by atoms with van der Waals surface area (Å²) in [6.07, 6.45) is 1.07. The second kappa shape index (κ2) is 7.91. The SMILES string of the molecule is CCn1ncc(NC(=O)C2CC(c3cccc(Br)c3)=NO2)c1C(=O)N(C)C. The van der Waals surface area contributed by atoms with Crippen LogP contribution < -0.4 is 5.32 Å². The fourth-order valence-corrected chi connectivity index (χ4v) is 3.12. The Bertz CT molecular complexity index is 906. The van der Waals surface area contributed by atoms with Gasteiger partial charge in [0, 0.05) is 37.1 Å². The molecule has 2 amide bonds. The van der Waals surface area contributed by atoms with Crippen LogP contribution in [-0.4, -0.2) is 52.4 Å². The van der Waals surface area contributed by atoms with Crippen LogP contribution in [0.2, 0.25) is 0 Å². The van der Waals surface area contributed by atoms with E-state index in [0.29, 0.717) is 30.1 Å². The van der Waals surface area contributed by atoms with Gasteiger partial charge >= 0.3 is 0 Å². The molecule has 0 bridgehead atoms. The minimum absolute atomic E-state index is 0.233. The number of carbonyl (C=O) groups excluding carboxylic acids is 2. The summed E-state index contributed by atoms with van der Waals surface area (Å²) in [6, 6.07) is 7.64. The van der Waals surface area contributed by atoms with Crippen LogP contribution in [-0.2, 0) is 16.2 Å². The smallest absolute Gasteiger partial charge is 0.273 e. The Morgan fingerprint density at radius 3 is 2.85 bits per heavy atom. The van der Waals surface area contributed by atoms with Gasteiger partial charge in [-0.05, 0) is 19.1 Å². The van der Waals surface area contributed by atoms with E-state index < -0.39 is 6.10 Å². The lowest BCUT2D eigenvalue weighted by molar-refractivity contribution is -0.125. The predicted octanol–water partition coefficient (Wildman–Crippen LogP) is 2.50. The van der Waals surface area contributed by atoms with Crippen molar-refractivity contribution in [2.24, 2.45) is 5.16 Å². The van der Waals surface area contributed by atoms with Gasteiger partial charge in [-0.1, -0.05) is 33.2 Å². The molecule has 0 aliphatic carbocycles. The lowest BCUT2D eigenvalue weighted by atomic mass is 10.0. The lowest BCUT2D eigenvalue weighted by Crippen LogP contribution is -2.30. The van der Waals surface area contributed by atoms with E-state index in [1.165, 1.54) is 11.1 Å². The highest BCUT2D eigenvalue weighted by atomic mass is 79.9. The number of halogens is 1. The molecular weight excluding hydrogens is 414 g/mol. The van der Waals surface area contributed by atoms with Crippen molar-refractivity contribution in [3.8, 4) is 0 Å². The third-order valence-corrected chi connectivity index (χ3v) is 4.62. The van der Waals surface area contributed by atoms with E-state index in [9.17, 15) is 9.59 Å². The number of anilines is 1. The van der Waals surface area contributed by atoms with Gasteiger partial charge in [-0.3, -0.25) is 14.3 Å². The van der Waals surface area contributed by atoms with Gasteiger partial charge in [0.25, 0.3) is 11.8 Å². The fourth-order valence-electron chi connectivity index (χ4n) is 2.72. The van der Waals surface area contributed by atoms with Crippen molar-refractivity contribution in [2.45, 2.75) is 26.0 Å². The van der Waals surface area contributed by atoms with Crippen LogP contribution in [0.3, 0.4) is 0 Å². The summed E-state index contributed by atoms with van der Waals surface area (Å²) in [4.78, 5) is 31.8. The van der Waals surface area contributed by atoms with Crippen molar-refractivity contribution < 1.29 is 14.4 Å². The minimum Gasteiger partial charge on any atom is -0.382 e. The average molecular weight is 434 g/mol. The lowest BCUT2D eigenvalue weighted by Gasteiger charge is -2.14. The van der Waals surface area contributed by atoms with Crippen molar-refractivity contribution in [1.29, 1.82) is 0 Å². The summed E-state index contributed by atoms with van der Waals surface area (Å²) in [5.41, 5.74) is 2.29. The number of oxime groups is 1. The molecule has 27 heavy (non-hydrogen) atoms. The summed E-state index contributed by atoms with van der Waals surface area (Å²) < 4.78 is 2.48. The molecule has 1 aliphatic heterocycles. The molecule has 1 N–H and O–H groups in total. The number of nitrogens with one attached hydrogen (secondary N) is 1. The van der Waals surface area contributed by atoms with Crippen LogP contribution >= 0.6 is 15.9 Å². The maximum Gasteiger partial charge on any atom is 0.273 e. The standard InChI is InChI=1S/C18H20BrN5O3/c1-4-24-16(18(26)23(2)3)14(10-20-24)21-17(25)15-9-13(22-27-15)11-6-5-7-12(19)8-11/h5-8,10,15H,4,9H2,1-3H3,(H,21,25). The van der Waals surface area contributed by atoms with Crippen LogP contribution in [0.15, 0.2) is 40.1 Å². The highest BCUT2D eigenvalue weighted by Crippen LogP contribution is 2.22. The first-order chi connectivity index (χ1) is 12.9. The molecule has 1 aromatic carbocycles. The van der Waals surface area contributed by atoms with Crippen molar-refractivity contribution in [1.82, 2.24) is 14.7 Å². The third kappa shape index (κ3) is 4.02. The molecule has 8 nitrogen and oxygen atoms in total. The number of aromatic nitrogens is 2. The van der Waals surface area contributed by atoms with Gasteiger partial charge in [0.1, 0.15) is 5.69 Å². The summed E-state index contributed by atoms with van der Waals surface area (Å²) in [6.45, 7) is 2.39. The third-order valence-electron chi connectivity index (χ3n) is 4.12. The van der Waals surface area contributed by atoms with Crippen molar-refractivity contribution in [2.75, 3.05) is 19.4 Å². The van der Waals surface area contributed by atoms with E-state index in [1.807, 2.05) is 31.2 Å². The van der Waals surface area contributed by atoms with E-state index >= 15 is 0 Å². The molecule has 1 unspecified atom stereocenters. The molecule has 0 spiro atoms. The summed E-state index contributed by atoms with van der Waals surface area (Å²) in [7, 11) is 3.30. The highest BCUT2D eigenvalue weighted by Gasteiger charge is 2.31. The highest BCUT2D eigenvalue weighted by molar-refractivity contribution is 9.10. The Kier molecular flexibility index (Phi) is 5.59. The van der Waals surface area contributed by atoms with Gasteiger partial charge in [-0.2, -0.15) is 5.10 Å². The first-order valence-corrected chi connectivity index (χ1v) is 9.27. The normalized spacial score (nSPS) is 15.9. The molecular formula is C18H20BrN5O3. The fraction of sp³-hybridized carbons (Fsp3) is 0.333. The molecule has 9 heteroatoms. The quantitative estimate of drug-likeness (QED) is 0.784. The van der Waals surface area contributed by atoms with Gasteiger partial charge < -0.3 is 15.1 Å². The monoisotopic (exact) mass is 433 g/mol. The number of nitrogens with zero attached hydrogens (tertiary/aromatic N) is 4. The van der Waals surface area contributed by atoms with Crippen molar-refractivity contribution in [3.05, 3.63) is 46.2 Å². The second-order valence-electron chi connectivity index (χ2n) is 6.26. The second-order valence-corrected chi connectivity index (χ2v) is 7.17. The summed E-state index contributed by atoms with van der Waals surface area (Å²) in [5, 5.41) is 11.0. The topological polar surface area (TPSA) is 88.8 Å². The van der Waals surface area contributed by atoms with Gasteiger partial charge in [-0.15, -0.1) is 0 Å². The first-order valence-electron chi connectivity index (χ1n) is 8.47. The molecule has 0 saturated carbocycles. The number of benzene rings is 1. The molecule has 1 atom stereocenters. The molecule has 1 aliphatic rings. The zero-order valence-corrected chi connectivity index (χ0v) is 16.9. The van der Waals surface area contributed by atoms with Gasteiger partial charge in [0.05, 0.1) is 17.6 Å². The number of carbonyl (C=O) groups is 2. The number of rotatable bonds is 5. The molecule has 2 heterocycles. The largest absolute Gasteiger partial charge is 0.382 e. The van der Waals surface area contributed by atoms with Crippen LogP contribution in [0.5, 0.6) is 0 Å². The van der Waals surface area contributed by atoms with Crippen molar-refractivity contribution in [3.63, 3.8) is 0 Å². The Balaban J connectivity index is 1.72. The minimum atomic E-state index is -0.758. The van der Waals surface area contributed by atoms with E-state index in [1.54, 1.807) is 18.8 Å². The molecule has 0 radical (unpaired) electrons. The van der Waals surface area contributed by atoms with E-state index in [0.717, 1.165) is 10.0 Å². The number of hydrogen-bond acceptors (Lipinski definition) is 5. The Morgan fingerprint density at radius 2 is 2.19 bits per heavy atom. The number of amides is 2. The maximum absolute atomic E-state index is 12.6. The van der Waals surface area contributed by atoms with Crippen LogP contribution in [0, 0.1) is 0 Å². The number of aryl methyl sites for hydroxylation is 1. The van der Waals surface area contributed by atoms with E-state index in [-0.39, 0.29) is 11.8 Å². The summed E-state index contributed by atoms with van der Waals surface area (Å²) >= 11 is 3.42. The zero-order chi connectivity index (χ0) is 19.6. The molecule has 0 fully saturated rings. The molecule has 2 aromatic rings. The van der Waals surface area contributed by atoms with E-state index in [2.05, 4.69) is 31.5 Å². The average Bonchev–Trinajstić information content (AvgIpc) is 3.28. The van der Waals surface area contributed by atoms with Crippen LogP contribution in [0.25, 0.3) is 0 Å². The van der Waals surface area contributed by atoms with Gasteiger partial charge in [-0.25, -0.2) is 0 Å². The first kappa shape index (κ1) is 19.1. The number of hydrogen-bond donors (Lipinski definition) is 1. The van der Waals surface area contributed by atoms with Gasteiger partial charge in [0.15, 0.2) is 0 Å². The van der Waals surface area contributed by atoms with Crippen molar-refractivity contribution >= 4 is 39.1 Å². The molecule has 142 valence electrons. The Hall–Kier alpha value is -2.68. The molecule has 0 saturated heterocycles. The molecule has 3 rings (SSSR count). The van der Waals surface area contributed by atoms with Crippen LogP contribution in [0.4, 0.5) is 5.69 Å². The van der Waals surface area contributed by atoms with Gasteiger partial charge in [0.2, 0.25) is 6.10 Å². The van der Waals surface area contributed by atoms with Crippen LogP contribution in [0.1, 0.15) is 29.4 Å². The summed E-state index contributed by atoms with van der Waals surface area (Å²) in [5.74, 6) is -0.602. The zero-order valence-electron chi connectivity index (χ0n) is 15.3. The molecule has 1 aromatic heterocycles. The predicted molar refractivity (Wildman–Crippen MR) is 105 cm³/mol. The maximum atomic E-state index is 12.6. The van der Waals surface area contributed by atoms with E-state index in [4.69, 9.17) is 4.84 Å². The Labute approximate surface area is 165 Å². The Morgan fingerprint density at radius 1 is 1.41 bits per heavy atom.